The summed E-state index contributed by atoms with van der Waals surface area (Å²) in [7, 11) is 0. The molecule has 0 fully saturated rings. The Kier molecular flexibility index (Phi) is 8.15. The summed E-state index contributed by atoms with van der Waals surface area (Å²) < 4.78 is 36.9. The zero-order valence-corrected chi connectivity index (χ0v) is 13.8. The highest BCUT2D eigenvalue weighted by Crippen LogP contribution is 2.23. The number of nitrogens with two attached hydrogens (primary N) is 1. The van der Waals surface area contributed by atoms with Crippen molar-refractivity contribution in [1.29, 1.82) is 0 Å². The minimum absolute atomic E-state index is 0.262. The van der Waals surface area contributed by atoms with Crippen molar-refractivity contribution in [3.63, 3.8) is 0 Å². The average molecular weight is 366 g/mol. The molecule has 21 heavy (non-hydrogen) atoms. The van der Waals surface area contributed by atoms with E-state index in [-0.39, 0.29) is 6.42 Å². The quantitative estimate of drug-likeness (QED) is 0.405. The Morgan fingerprint density at radius 1 is 0.905 bits per heavy atom. The number of benzene rings is 1. The van der Waals surface area contributed by atoms with Crippen molar-refractivity contribution in [2.45, 2.75) is 64.0 Å². The van der Waals surface area contributed by atoms with Crippen molar-refractivity contribution in [2.75, 3.05) is 5.73 Å². The van der Waals surface area contributed by atoms with Gasteiger partial charge in [-0.1, -0.05) is 48.0 Å². The number of anilines is 1. The van der Waals surface area contributed by atoms with E-state index in [0.29, 0.717) is 6.42 Å². The monoisotopic (exact) mass is 365 g/mol. The van der Waals surface area contributed by atoms with E-state index in [1.165, 1.54) is 0 Å². The second-order valence-electron chi connectivity index (χ2n) is 5.43. The normalized spacial score (nSPS) is 11.8. The zero-order valence-electron chi connectivity index (χ0n) is 12.2. The van der Waals surface area contributed by atoms with Crippen LogP contribution in [0.3, 0.4) is 0 Å². The van der Waals surface area contributed by atoms with Crippen molar-refractivity contribution in [3.05, 3.63) is 28.2 Å². The van der Waals surface area contributed by atoms with Crippen LogP contribution in [0.1, 0.15) is 56.9 Å². The third-order valence-electron chi connectivity index (χ3n) is 3.51. The molecule has 1 rings (SSSR count). The Morgan fingerprint density at radius 3 is 2.10 bits per heavy atom. The Balaban J connectivity index is 2.01. The molecule has 0 bridgehead atoms. The molecule has 0 aromatic heterocycles. The molecule has 1 aromatic rings. The molecule has 0 aliphatic rings. The second-order valence-corrected chi connectivity index (χ2v) is 6.35. The number of hydrogen-bond donors (Lipinski definition) is 1. The van der Waals surface area contributed by atoms with Gasteiger partial charge in [-0.3, -0.25) is 0 Å². The second kappa shape index (κ2) is 9.34. The number of alkyl halides is 3. The molecular formula is C16H23BrF3N. The number of halogens is 4. The molecule has 0 amide bonds. The molecule has 0 atom stereocenters. The van der Waals surface area contributed by atoms with Gasteiger partial charge in [0.25, 0.3) is 0 Å². The van der Waals surface area contributed by atoms with E-state index in [0.717, 1.165) is 54.2 Å². The first-order valence-corrected chi connectivity index (χ1v) is 8.28. The van der Waals surface area contributed by atoms with Crippen LogP contribution >= 0.6 is 15.9 Å². The minimum Gasteiger partial charge on any atom is -0.399 e. The topological polar surface area (TPSA) is 26.0 Å². The maximum atomic E-state index is 11.9. The summed E-state index contributed by atoms with van der Waals surface area (Å²) in [6, 6.07) is 5.88. The Labute approximate surface area is 133 Å². The summed E-state index contributed by atoms with van der Waals surface area (Å²) in [5, 5.41) is 0. The van der Waals surface area contributed by atoms with Gasteiger partial charge < -0.3 is 5.73 Å². The van der Waals surface area contributed by atoms with Crippen molar-refractivity contribution < 1.29 is 13.2 Å². The lowest BCUT2D eigenvalue weighted by Gasteiger charge is -2.07. The van der Waals surface area contributed by atoms with E-state index >= 15 is 0 Å². The molecule has 0 aliphatic heterocycles. The lowest BCUT2D eigenvalue weighted by molar-refractivity contribution is -0.135. The number of rotatable bonds is 9. The average Bonchev–Trinajstić information content (AvgIpc) is 2.39. The van der Waals surface area contributed by atoms with E-state index < -0.39 is 12.6 Å². The molecule has 1 aromatic carbocycles. The highest BCUT2D eigenvalue weighted by molar-refractivity contribution is 9.10. The lowest BCUT2D eigenvalue weighted by atomic mass is 10.0. The highest BCUT2D eigenvalue weighted by atomic mass is 79.9. The van der Waals surface area contributed by atoms with E-state index in [4.69, 9.17) is 5.73 Å². The fraction of sp³-hybridized carbons (Fsp3) is 0.625. The third-order valence-corrected chi connectivity index (χ3v) is 4.00. The number of nitrogen functional groups attached to an aromatic ring is 1. The van der Waals surface area contributed by atoms with Crippen LogP contribution in [0.2, 0.25) is 0 Å². The fourth-order valence-electron chi connectivity index (χ4n) is 2.32. The summed E-state index contributed by atoms with van der Waals surface area (Å²) in [6.45, 7) is 0. The van der Waals surface area contributed by atoms with Crippen LogP contribution < -0.4 is 5.73 Å². The number of aryl methyl sites for hydroxylation is 1. The molecular weight excluding hydrogens is 343 g/mol. The highest BCUT2D eigenvalue weighted by Gasteiger charge is 2.25. The maximum Gasteiger partial charge on any atom is 0.389 e. The third kappa shape index (κ3) is 9.02. The molecule has 0 saturated heterocycles. The van der Waals surface area contributed by atoms with Gasteiger partial charge in [-0.25, -0.2) is 0 Å². The molecule has 1 nitrogen and oxygen atoms in total. The largest absolute Gasteiger partial charge is 0.399 e. The standard InChI is InChI=1S/C16H23BrF3N/c17-14-9-10-15(21)13(12-14)8-6-4-2-1-3-5-7-11-16(18,19)20/h9-10,12H,1-8,11,21H2. The van der Waals surface area contributed by atoms with Crippen LogP contribution in [0.4, 0.5) is 18.9 Å². The van der Waals surface area contributed by atoms with Gasteiger partial charge in [0, 0.05) is 16.6 Å². The SMILES string of the molecule is Nc1ccc(Br)cc1CCCCCCCCCC(F)(F)F. The smallest absolute Gasteiger partial charge is 0.389 e. The molecule has 0 aliphatic carbocycles. The first-order valence-electron chi connectivity index (χ1n) is 7.49. The summed E-state index contributed by atoms with van der Waals surface area (Å²) in [5.41, 5.74) is 7.89. The maximum absolute atomic E-state index is 11.9. The van der Waals surface area contributed by atoms with Gasteiger partial charge in [0.1, 0.15) is 0 Å². The zero-order chi connectivity index (χ0) is 15.7. The van der Waals surface area contributed by atoms with Crippen molar-refractivity contribution in [1.82, 2.24) is 0 Å². The van der Waals surface area contributed by atoms with E-state index in [9.17, 15) is 13.2 Å². The first-order chi connectivity index (χ1) is 9.88. The predicted octanol–water partition coefficient (Wildman–Crippen LogP) is 6.26. The van der Waals surface area contributed by atoms with E-state index in [1.807, 2.05) is 18.2 Å². The molecule has 0 heterocycles. The lowest BCUT2D eigenvalue weighted by Crippen LogP contribution is -2.06. The van der Waals surface area contributed by atoms with Gasteiger partial charge in [-0.05, 0) is 43.0 Å². The van der Waals surface area contributed by atoms with Crippen LogP contribution in [0.5, 0.6) is 0 Å². The van der Waals surface area contributed by atoms with Crippen molar-refractivity contribution in [3.8, 4) is 0 Å². The number of unbranched alkanes of at least 4 members (excludes halogenated alkanes) is 6. The number of hydrogen-bond acceptors (Lipinski definition) is 1. The summed E-state index contributed by atoms with van der Waals surface area (Å²) in [4.78, 5) is 0. The Bertz CT molecular complexity index is 418. The molecule has 5 heteroatoms. The Hall–Kier alpha value is -0.710. The van der Waals surface area contributed by atoms with Gasteiger partial charge in [0.15, 0.2) is 0 Å². The summed E-state index contributed by atoms with van der Waals surface area (Å²) >= 11 is 3.43. The molecule has 0 unspecified atom stereocenters. The van der Waals surface area contributed by atoms with E-state index in [1.54, 1.807) is 0 Å². The molecule has 2 N–H and O–H groups in total. The summed E-state index contributed by atoms with van der Waals surface area (Å²) in [5.74, 6) is 0. The van der Waals surface area contributed by atoms with Crippen LogP contribution in [-0.4, -0.2) is 6.18 Å². The van der Waals surface area contributed by atoms with Crippen LogP contribution in [0.15, 0.2) is 22.7 Å². The molecule has 0 radical (unpaired) electrons. The van der Waals surface area contributed by atoms with Crippen molar-refractivity contribution in [2.24, 2.45) is 0 Å². The first kappa shape index (κ1) is 18.3. The van der Waals surface area contributed by atoms with Gasteiger partial charge >= 0.3 is 6.18 Å². The molecule has 0 spiro atoms. The van der Waals surface area contributed by atoms with Gasteiger partial charge in [0.05, 0.1) is 0 Å². The fourth-order valence-corrected chi connectivity index (χ4v) is 2.72. The van der Waals surface area contributed by atoms with E-state index in [2.05, 4.69) is 15.9 Å². The van der Waals surface area contributed by atoms with Crippen molar-refractivity contribution >= 4 is 21.6 Å². The van der Waals surface area contributed by atoms with Gasteiger partial charge in [0.2, 0.25) is 0 Å². The van der Waals surface area contributed by atoms with Crippen LogP contribution in [0, 0.1) is 0 Å². The van der Waals surface area contributed by atoms with Crippen LogP contribution in [-0.2, 0) is 6.42 Å². The Morgan fingerprint density at radius 2 is 1.48 bits per heavy atom. The molecule has 120 valence electrons. The predicted molar refractivity (Wildman–Crippen MR) is 85.2 cm³/mol. The molecule has 0 saturated carbocycles. The minimum atomic E-state index is -4.00. The van der Waals surface area contributed by atoms with Crippen LogP contribution in [0.25, 0.3) is 0 Å². The van der Waals surface area contributed by atoms with Gasteiger partial charge in [-0.15, -0.1) is 0 Å². The van der Waals surface area contributed by atoms with Gasteiger partial charge in [-0.2, -0.15) is 13.2 Å². The summed E-state index contributed by atoms with van der Waals surface area (Å²) in [6.07, 6.45) is 2.43.